The Morgan fingerprint density at radius 2 is 2.05 bits per heavy atom. The second-order valence-corrected chi connectivity index (χ2v) is 6.96. The molecule has 1 unspecified atom stereocenters. The van der Waals surface area contributed by atoms with Gasteiger partial charge in [-0.05, 0) is 31.6 Å². The molecule has 0 aromatic rings. The predicted octanol–water partition coefficient (Wildman–Crippen LogP) is 0.978. The van der Waals surface area contributed by atoms with Gasteiger partial charge in [-0.15, -0.1) is 0 Å². The van der Waals surface area contributed by atoms with Crippen molar-refractivity contribution in [1.29, 1.82) is 0 Å². The van der Waals surface area contributed by atoms with Crippen molar-refractivity contribution in [2.75, 3.05) is 6.61 Å². The number of rotatable bonds is 2. The molecule has 0 bridgehead atoms. The summed E-state index contributed by atoms with van der Waals surface area (Å²) in [4.78, 5) is 12.3. The fraction of sp³-hybridized carbons (Fsp3) is 0.933. The predicted molar refractivity (Wildman–Crippen MR) is 71.4 cm³/mol. The van der Waals surface area contributed by atoms with Gasteiger partial charge in [0.15, 0.2) is 0 Å². The molecule has 2 fully saturated rings. The van der Waals surface area contributed by atoms with Crippen LogP contribution in [0.4, 0.5) is 0 Å². The average molecular weight is 270 g/mol. The van der Waals surface area contributed by atoms with Crippen LogP contribution in [0.1, 0.15) is 40.0 Å². The van der Waals surface area contributed by atoms with Gasteiger partial charge in [0, 0.05) is 24.9 Å². The quantitative estimate of drug-likeness (QED) is 0.699. The fourth-order valence-electron chi connectivity index (χ4n) is 4.25. The van der Waals surface area contributed by atoms with E-state index in [2.05, 4.69) is 13.8 Å². The van der Waals surface area contributed by atoms with Gasteiger partial charge < -0.3 is 15.3 Å². The number of carbonyl (C=O) groups excluding carboxylic acids is 1. The lowest BCUT2D eigenvalue weighted by Gasteiger charge is -2.53. The van der Waals surface area contributed by atoms with E-state index < -0.39 is 17.6 Å². The SMILES string of the molecule is CC(C)[C@@H]1CC[C@@](C)(O)[C@@H]2C(=O)C[C@H](CO)C(O)[C@H]21. The topological polar surface area (TPSA) is 77.8 Å². The second-order valence-electron chi connectivity index (χ2n) is 6.96. The first-order valence-corrected chi connectivity index (χ1v) is 7.33. The van der Waals surface area contributed by atoms with Gasteiger partial charge in [0.25, 0.3) is 0 Å². The molecule has 2 rings (SSSR count). The van der Waals surface area contributed by atoms with E-state index in [1.807, 2.05) is 0 Å². The van der Waals surface area contributed by atoms with Crippen LogP contribution in [0, 0.1) is 29.6 Å². The Morgan fingerprint density at radius 1 is 1.42 bits per heavy atom. The van der Waals surface area contributed by atoms with E-state index in [9.17, 15) is 20.1 Å². The van der Waals surface area contributed by atoms with Crippen LogP contribution in [0.2, 0.25) is 0 Å². The van der Waals surface area contributed by atoms with Gasteiger partial charge in [-0.25, -0.2) is 0 Å². The van der Waals surface area contributed by atoms with Crippen molar-refractivity contribution in [2.24, 2.45) is 29.6 Å². The highest BCUT2D eigenvalue weighted by Gasteiger charge is 2.56. The minimum absolute atomic E-state index is 0.00435. The highest BCUT2D eigenvalue weighted by molar-refractivity contribution is 5.84. The molecule has 0 aromatic carbocycles. The van der Waals surface area contributed by atoms with E-state index in [4.69, 9.17) is 0 Å². The minimum atomic E-state index is -1.02. The van der Waals surface area contributed by atoms with Crippen molar-refractivity contribution in [3.63, 3.8) is 0 Å². The molecular weight excluding hydrogens is 244 g/mol. The number of hydrogen-bond donors (Lipinski definition) is 3. The maximum atomic E-state index is 12.3. The third kappa shape index (κ3) is 2.46. The number of ketones is 1. The van der Waals surface area contributed by atoms with Gasteiger partial charge in [0.2, 0.25) is 0 Å². The maximum Gasteiger partial charge on any atom is 0.139 e. The summed E-state index contributed by atoms with van der Waals surface area (Å²) in [7, 11) is 0. The molecule has 0 amide bonds. The third-order valence-electron chi connectivity index (χ3n) is 5.31. The van der Waals surface area contributed by atoms with E-state index in [1.165, 1.54) is 0 Å². The zero-order valence-corrected chi connectivity index (χ0v) is 12.0. The third-order valence-corrected chi connectivity index (χ3v) is 5.31. The normalized spacial score (nSPS) is 47.3. The van der Waals surface area contributed by atoms with Gasteiger partial charge >= 0.3 is 0 Å². The number of hydrogen-bond acceptors (Lipinski definition) is 4. The summed E-state index contributed by atoms with van der Waals surface area (Å²) < 4.78 is 0. The zero-order chi connectivity index (χ0) is 14.4. The number of Topliss-reactive ketones (excluding diaryl/α,β-unsaturated/α-hetero) is 1. The Balaban J connectivity index is 2.37. The summed E-state index contributed by atoms with van der Waals surface area (Å²) in [5.74, 6) is -0.468. The van der Waals surface area contributed by atoms with Gasteiger partial charge in [-0.2, -0.15) is 0 Å². The van der Waals surface area contributed by atoms with Gasteiger partial charge in [-0.3, -0.25) is 4.79 Å². The van der Waals surface area contributed by atoms with Crippen LogP contribution in [-0.2, 0) is 4.79 Å². The van der Waals surface area contributed by atoms with E-state index in [0.717, 1.165) is 6.42 Å². The van der Waals surface area contributed by atoms with Crippen molar-refractivity contribution in [3.05, 3.63) is 0 Å². The van der Waals surface area contributed by atoms with E-state index in [1.54, 1.807) is 6.92 Å². The molecule has 0 radical (unpaired) electrons. The Kier molecular flexibility index (Phi) is 4.05. The largest absolute Gasteiger partial charge is 0.396 e. The van der Waals surface area contributed by atoms with Crippen LogP contribution >= 0.6 is 0 Å². The smallest absolute Gasteiger partial charge is 0.139 e. The molecule has 2 aliphatic rings. The molecule has 0 heterocycles. The Morgan fingerprint density at radius 3 is 2.58 bits per heavy atom. The lowest BCUT2D eigenvalue weighted by molar-refractivity contribution is -0.175. The van der Waals surface area contributed by atoms with Crippen molar-refractivity contribution in [3.8, 4) is 0 Å². The standard InChI is InChI=1S/C15H26O4/c1-8(2)10-4-5-15(3,19)13-11(17)6-9(7-16)14(18)12(10)13/h8-10,12-14,16,18-19H,4-7H2,1-3H3/t9-,10+,12+,13-,14?,15-/m1/s1. The van der Waals surface area contributed by atoms with Crippen molar-refractivity contribution in [1.82, 2.24) is 0 Å². The van der Waals surface area contributed by atoms with E-state index in [0.29, 0.717) is 12.3 Å². The number of fused-ring (bicyclic) bond motifs is 1. The monoisotopic (exact) mass is 270 g/mol. The molecule has 0 spiro atoms. The summed E-state index contributed by atoms with van der Waals surface area (Å²) in [6.45, 7) is 5.75. The number of carbonyl (C=O) groups is 1. The molecule has 2 aliphatic carbocycles. The molecule has 4 nitrogen and oxygen atoms in total. The van der Waals surface area contributed by atoms with Crippen LogP contribution in [0.3, 0.4) is 0 Å². The highest BCUT2D eigenvalue weighted by Crippen LogP contribution is 2.50. The second kappa shape index (κ2) is 5.15. The summed E-state index contributed by atoms with van der Waals surface area (Å²) >= 11 is 0. The van der Waals surface area contributed by atoms with Gasteiger partial charge in [0.05, 0.1) is 17.6 Å². The van der Waals surface area contributed by atoms with Gasteiger partial charge in [-0.1, -0.05) is 13.8 Å². The van der Waals surface area contributed by atoms with Crippen molar-refractivity contribution in [2.45, 2.75) is 51.7 Å². The molecular formula is C15H26O4. The van der Waals surface area contributed by atoms with Crippen molar-refractivity contribution < 1.29 is 20.1 Å². The Bertz CT molecular complexity index is 350. The summed E-state index contributed by atoms with van der Waals surface area (Å²) in [5.41, 5.74) is -1.02. The molecule has 0 aromatic heterocycles. The maximum absolute atomic E-state index is 12.3. The average Bonchev–Trinajstić information content (AvgIpc) is 2.31. The first-order chi connectivity index (χ1) is 8.79. The highest BCUT2D eigenvalue weighted by atomic mass is 16.3. The van der Waals surface area contributed by atoms with Gasteiger partial charge in [0.1, 0.15) is 5.78 Å². The van der Waals surface area contributed by atoms with Crippen LogP contribution in [-0.4, -0.2) is 39.4 Å². The molecule has 6 atom stereocenters. The molecule has 19 heavy (non-hydrogen) atoms. The molecule has 110 valence electrons. The number of aliphatic hydroxyl groups excluding tert-OH is 2. The zero-order valence-electron chi connectivity index (χ0n) is 12.0. The summed E-state index contributed by atoms with van der Waals surface area (Å²) in [6.07, 6.45) is 0.930. The van der Waals surface area contributed by atoms with Crippen LogP contribution in [0.25, 0.3) is 0 Å². The van der Waals surface area contributed by atoms with E-state index in [-0.39, 0.29) is 36.6 Å². The molecule has 4 heteroatoms. The molecule has 3 N–H and O–H groups in total. The first kappa shape index (κ1) is 14.9. The van der Waals surface area contributed by atoms with Crippen LogP contribution < -0.4 is 0 Å². The lowest BCUT2D eigenvalue weighted by atomic mass is 9.54. The fourth-order valence-corrected chi connectivity index (χ4v) is 4.25. The first-order valence-electron chi connectivity index (χ1n) is 7.33. The van der Waals surface area contributed by atoms with Crippen LogP contribution in [0.15, 0.2) is 0 Å². The summed E-state index contributed by atoms with van der Waals surface area (Å²) in [6, 6.07) is 0. The van der Waals surface area contributed by atoms with Crippen molar-refractivity contribution >= 4 is 5.78 Å². The molecule has 0 aliphatic heterocycles. The molecule has 0 saturated heterocycles. The Labute approximate surface area is 114 Å². The molecule has 2 saturated carbocycles. The van der Waals surface area contributed by atoms with Crippen LogP contribution in [0.5, 0.6) is 0 Å². The van der Waals surface area contributed by atoms with E-state index >= 15 is 0 Å². The minimum Gasteiger partial charge on any atom is -0.396 e. The summed E-state index contributed by atoms with van der Waals surface area (Å²) in [5, 5.41) is 30.4. The lowest BCUT2D eigenvalue weighted by Crippen LogP contribution is -2.59. The number of aliphatic hydroxyl groups is 3. The Hall–Kier alpha value is -0.450.